The molecular weight excluding hydrogens is 204 g/mol. The Morgan fingerprint density at radius 2 is 2.25 bits per heavy atom. The van der Waals surface area contributed by atoms with E-state index < -0.39 is 0 Å². The van der Waals surface area contributed by atoms with Gasteiger partial charge < -0.3 is 15.0 Å². The topological polar surface area (TPSA) is 41.6 Å². The van der Waals surface area contributed by atoms with E-state index in [1.54, 1.807) is 7.05 Å². The lowest BCUT2D eigenvalue weighted by Gasteiger charge is -2.33. The number of likely N-dealkylation sites (N-methyl/N-ethyl adjacent to an activating group) is 2. The van der Waals surface area contributed by atoms with Gasteiger partial charge in [0.1, 0.15) is 6.04 Å². The van der Waals surface area contributed by atoms with E-state index in [-0.39, 0.29) is 12.0 Å². The lowest BCUT2D eigenvalue weighted by molar-refractivity contribution is -0.143. The van der Waals surface area contributed by atoms with E-state index >= 15 is 0 Å². The lowest BCUT2D eigenvalue weighted by atomic mass is 9.85. The first-order valence-corrected chi connectivity index (χ1v) is 6.18. The van der Waals surface area contributed by atoms with Gasteiger partial charge in [0.2, 0.25) is 0 Å². The summed E-state index contributed by atoms with van der Waals surface area (Å²) in [6.07, 6.45) is 4.06. The largest absolute Gasteiger partial charge is 0.468 e. The maximum atomic E-state index is 11.5. The Labute approximate surface area is 98.3 Å². The second kappa shape index (κ2) is 6.86. The number of hydrogen-bond donors (Lipinski definition) is 1. The number of carbonyl (C=O) groups is 1. The Bertz CT molecular complexity index is 217. The van der Waals surface area contributed by atoms with Crippen molar-refractivity contribution in [3.63, 3.8) is 0 Å². The number of rotatable bonds is 7. The molecule has 1 atom stereocenters. The van der Waals surface area contributed by atoms with Crippen molar-refractivity contribution >= 4 is 5.97 Å². The molecule has 0 amide bonds. The zero-order valence-corrected chi connectivity index (χ0v) is 10.7. The summed E-state index contributed by atoms with van der Waals surface area (Å²) in [5.41, 5.74) is 0. The Hall–Kier alpha value is -0.610. The Kier molecular flexibility index (Phi) is 5.77. The molecule has 0 bridgehead atoms. The van der Waals surface area contributed by atoms with Crippen molar-refractivity contribution in [2.24, 2.45) is 5.92 Å². The highest BCUT2D eigenvalue weighted by Crippen LogP contribution is 2.26. The van der Waals surface area contributed by atoms with Crippen LogP contribution in [-0.4, -0.2) is 50.7 Å². The zero-order chi connectivity index (χ0) is 12.0. The van der Waals surface area contributed by atoms with Crippen LogP contribution in [0.5, 0.6) is 0 Å². The quantitative estimate of drug-likeness (QED) is 0.657. The molecule has 0 radical (unpaired) electrons. The minimum absolute atomic E-state index is 0.172. The molecule has 1 aliphatic carbocycles. The van der Waals surface area contributed by atoms with Crippen LogP contribution in [0.3, 0.4) is 0 Å². The molecule has 1 N–H and O–H groups in total. The minimum Gasteiger partial charge on any atom is -0.468 e. The number of methoxy groups -OCH3 is 1. The smallest absolute Gasteiger partial charge is 0.324 e. The molecule has 0 saturated heterocycles. The molecule has 1 fully saturated rings. The summed E-state index contributed by atoms with van der Waals surface area (Å²) < 4.78 is 4.77. The van der Waals surface area contributed by atoms with Crippen molar-refractivity contribution in [3.8, 4) is 0 Å². The van der Waals surface area contributed by atoms with Crippen LogP contribution in [-0.2, 0) is 9.53 Å². The van der Waals surface area contributed by atoms with Crippen LogP contribution < -0.4 is 5.32 Å². The molecule has 0 spiro atoms. The fourth-order valence-electron chi connectivity index (χ4n) is 2.06. The van der Waals surface area contributed by atoms with Gasteiger partial charge in [-0.05, 0) is 32.4 Å². The van der Waals surface area contributed by atoms with E-state index in [0.717, 1.165) is 25.6 Å². The average molecular weight is 228 g/mol. The van der Waals surface area contributed by atoms with Crippen molar-refractivity contribution < 1.29 is 9.53 Å². The van der Waals surface area contributed by atoms with Gasteiger partial charge in [-0.3, -0.25) is 4.79 Å². The van der Waals surface area contributed by atoms with Crippen LogP contribution in [0.2, 0.25) is 0 Å². The summed E-state index contributed by atoms with van der Waals surface area (Å²) in [6, 6.07) is -0.204. The molecule has 1 unspecified atom stereocenters. The summed E-state index contributed by atoms with van der Waals surface area (Å²) in [6.45, 7) is 5.00. The van der Waals surface area contributed by atoms with Gasteiger partial charge in [0.25, 0.3) is 0 Å². The first kappa shape index (κ1) is 13.5. The summed E-state index contributed by atoms with van der Waals surface area (Å²) in [7, 11) is 3.24. The Morgan fingerprint density at radius 3 is 2.62 bits per heavy atom. The van der Waals surface area contributed by atoms with Crippen LogP contribution in [0.15, 0.2) is 0 Å². The molecule has 94 valence electrons. The zero-order valence-electron chi connectivity index (χ0n) is 10.7. The predicted octanol–water partition coefficient (Wildman–Crippen LogP) is 0.869. The maximum absolute atomic E-state index is 11.5. The first-order chi connectivity index (χ1) is 7.71. The van der Waals surface area contributed by atoms with Gasteiger partial charge in [-0.15, -0.1) is 0 Å². The van der Waals surface area contributed by atoms with Crippen molar-refractivity contribution in [3.05, 3.63) is 0 Å². The van der Waals surface area contributed by atoms with E-state index in [2.05, 4.69) is 17.1 Å². The molecule has 1 aliphatic rings. The molecule has 0 aliphatic heterocycles. The minimum atomic E-state index is -0.204. The van der Waals surface area contributed by atoms with Crippen LogP contribution >= 0.6 is 0 Å². The number of nitrogens with one attached hydrogen (secondary N) is 1. The van der Waals surface area contributed by atoms with Crippen molar-refractivity contribution in [2.45, 2.75) is 32.2 Å². The number of esters is 1. The maximum Gasteiger partial charge on any atom is 0.324 e. The Morgan fingerprint density at radius 1 is 1.56 bits per heavy atom. The highest BCUT2D eigenvalue weighted by atomic mass is 16.5. The van der Waals surface area contributed by atoms with E-state index in [4.69, 9.17) is 4.74 Å². The molecular formula is C12H24N2O2. The van der Waals surface area contributed by atoms with Gasteiger partial charge in [0, 0.05) is 13.1 Å². The monoisotopic (exact) mass is 228 g/mol. The van der Waals surface area contributed by atoms with Crippen molar-refractivity contribution in [2.75, 3.05) is 33.8 Å². The summed E-state index contributed by atoms with van der Waals surface area (Å²) >= 11 is 0. The highest BCUT2D eigenvalue weighted by molar-refractivity contribution is 5.75. The third kappa shape index (κ3) is 3.76. The third-order valence-electron chi connectivity index (χ3n) is 3.46. The summed E-state index contributed by atoms with van der Waals surface area (Å²) in [5, 5.41) is 3.01. The van der Waals surface area contributed by atoms with Gasteiger partial charge in [-0.25, -0.2) is 0 Å². The second-order valence-corrected chi connectivity index (χ2v) is 4.51. The highest BCUT2D eigenvalue weighted by Gasteiger charge is 2.24. The number of nitrogens with zero attached hydrogens (tertiary/aromatic N) is 1. The fraction of sp³-hybridized carbons (Fsp3) is 0.917. The van der Waals surface area contributed by atoms with Gasteiger partial charge in [0.15, 0.2) is 0 Å². The number of hydrogen-bond acceptors (Lipinski definition) is 4. The molecule has 0 heterocycles. The number of carbonyl (C=O) groups excluding carboxylic acids is 1. The van der Waals surface area contributed by atoms with Gasteiger partial charge in [-0.1, -0.05) is 13.3 Å². The normalized spacial score (nSPS) is 18.2. The summed E-state index contributed by atoms with van der Waals surface area (Å²) in [4.78, 5) is 13.8. The van der Waals surface area contributed by atoms with Gasteiger partial charge in [-0.2, -0.15) is 0 Å². The predicted molar refractivity (Wildman–Crippen MR) is 64.3 cm³/mol. The van der Waals surface area contributed by atoms with E-state index in [1.165, 1.54) is 26.4 Å². The standard InChI is InChI=1S/C12H24N2O2/c1-4-14(8-10-6-5-7-10)9-11(13-2)12(15)16-3/h10-11,13H,4-9H2,1-3H3. The summed E-state index contributed by atoms with van der Waals surface area (Å²) in [5.74, 6) is 0.671. The molecule has 0 aromatic heterocycles. The molecule has 0 aromatic rings. The molecule has 1 rings (SSSR count). The third-order valence-corrected chi connectivity index (χ3v) is 3.46. The van der Waals surface area contributed by atoms with E-state index in [9.17, 15) is 4.79 Å². The average Bonchev–Trinajstić information content (AvgIpc) is 2.26. The number of ether oxygens (including phenoxy) is 1. The van der Waals surface area contributed by atoms with E-state index in [1.807, 2.05) is 0 Å². The van der Waals surface area contributed by atoms with Crippen molar-refractivity contribution in [1.82, 2.24) is 10.2 Å². The van der Waals surface area contributed by atoms with Crippen molar-refractivity contribution in [1.29, 1.82) is 0 Å². The molecule has 0 aromatic carbocycles. The van der Waals surface area contributed by atoms with Crippen LogP contribution in [0.1, 0.15) is 26.2 Å². The molecule has 4 heteroatoms. The lowest BCUT2D eigenvalue weighted by Crippen LogP contribution is -2.46. The fourth-order valence-corrected chi connectivity index (χ4v) is 2.06. The van der Waals surface area contributed by atoms with Crippen LogP contribution in [0.25, 0.3) is 0 Å². The second-order valence-electron chi connectivity index (χ2n) is 4.51. The molecule has 4 nitrogen and oxygen atoms in total. The Balaban J connectivity index is 2.36. The molecule has 1 saturated carbocycles. The van der Waals surface area contributed by atoms with Gasteiger partial charge in [0.05, 0.1) is 7.11 Å². The van der Waals surface area contributed by atoms with Crippen LogP contribution in [0.4, 0.5) is 0 Å². The van der Waals surface area contributed by atoms with Crippen LogP contribution in [0, 0.1) is 5.92 Å². The SMILES string of the molecule is CCN(CC1CCC1)CC(NC)C(=O)OC. The van der Waals surface area contributed by atoms with Gasteiger partial charge >= 0.3 is 5.97 Å². The van der Waals surface area contributed by atoms with E-state index in [0.29, 0.717) is 0 Å². The first-order valence-electron chi connectivity index (χ1n) is 6.18. The molecule has 16 heavy (non-hydrogen) atoms.